The van der Waals surface area contributed by atoms with E-state index in [2.05, 4.69) is 4.98 Å². The Bertz CT molecular complexity index is 892. The molecule has 0 spiro atoms. The summed E-state index contributed by atoms with van der Waals surface area (Å²) in [6, 6.07) is 13.8. The molecule has 0 atom stereocenters. The van der Waals surface area contributed by atoms with Crippen molar-refractivity contribution in [3.63, 3.8) is 0 Å². The molecule has 1 aromatic heterocycles. The summed E-state index contributed by atoms with van der Waals surface area (Å²) in [7, 11) is 0. The molecule has 0 aliphatic carbocycles. The quantitative estimate of drug-likeness (QED) is 0.756. The molecule has 1 heterocycles. The summed E-state index contributed by atoms with van der Waals surface area (Å²) >= 11 is 0. The molecule has 0 amide bonds. The molecule has 0 fully saturated rings. The van der Waals surface area contributed by atoms with E-state index in [9.17, 15) is 9.59 Å². The molecule has 4 heteroatoms. The van der Waals surface area contributed by atoms with Gasteiger partial charge in [0.2, 0.25) is 0 Å². The molecule has 4 nitrogen and oxygen atoms in total. The number of H-pyrrole nitrogens is 1. The van der Waals surface area contributed by atoms with Gasteiger partial charge in [0.1, 0.15) is 0 Å². The van der Waals surface area contributed by atoms with E-state index in [1.807, 2.05) is 31.2 Å². The van der Waals surface area contributed by atoms with Gasteiger partial charge < -0.3 is 10.1 Å². The highest BCUT2D eigenvalue weighted by Gasteiger charge is 2.08. The maximum absolute atomic E-state index is 12.2. The lowest BCUT2D eigenvalue weighted by Gasteiger charge is -2.06. The fraction of sp³-hybridized carbons (Fsp3) is 0.0588. The van der Waals surface area contributed by atoms with Crippen LogP contribution < -0.4 is 5.43 Å². The Labute approximate surface area is 120 Å². The van der Waals surface area contributed by atoms with E-state index < -0.39 is 5.97 Å². The minimum Gasteiger partial charge on any atom is -0.478 e. The van der Waals surface area contributed by atoms with Crippen molar-refractivity contribution in [1.29, 1.82) is 0 Å². The second-order valence-corrected chi connectivity index (χ2v) is 4.98. The molecule has 3 rings (SSSR count). The fourth-order valence-electron chi connectivity index (χ4n) is 2.27. The average molecular weight is 279 g/mol. The van der Waals surface area contributed by atoms with Gasteiger partial charge >= 0.3 is 5.97 Å². The minimum absolute atomic E-state index is 0.107. The number of rotatable bonds is 2. The van der Waals surface area contributed by atoms with Crippen LogP contribution in [0.4, 0.5) is 0 Å². The first-order valence-electron chi connectivity index (χ1n) is 6.52. The number of aryl methyl sites for hydroxylation is 1. The lowest BCUT2D eigenvalue weighted by Crippen LogP contribution is -2.05. The van der Waals surface area contributed by atoms with Crippen LogP contribution in [-0.2, 0) is 0 Å². The fourth-order valence-corrected chi connectivity index (χ4v) is 2.27. The van der Waals surface area contributed by atoms with E-state index in [4.69, 9.17) is 5.11 Å². The van der Waals surface area contributed by atoms with Crippen molar-refractivity contribution in [2.24, 2.45) is 0 Å². The summed E-state index contributed by atoms with van der Waals surface area (Å²) in [5, 5.41) is 9.36. The predicted octanol–water partition coefficient (Wildman–Crippen LogP) is 3.20. The minimum atomic E-state index is -1.04. The van der Waals surface area contributed by atoms with Crippen LogP contribution in [0, 0.1) is 6.92 Å². The molecule has 3 aromatic rings. The van der Waals surface area contributed by atoms with E-state index in [1.165, 1.54) is 18.2 Å². The molecule has 0 saturated carbocycles. The topological polar surface area (TPSA) is 70.2 Å². The Balaban J connectivity index is 2.20. The molecule has 0 aliphatic rings. The maximum atomic E-state index is 12.2. The molecule has 0 unspecified atom stereocenters. The number of aromatic carboxylic acids is 1. The number of carbonyl (C=O) groups is 1. The summed E-state index contributed by atoms with van der Waals surface area (Å²) in [5.74, 6) is -1.04. The number of carboxylic acid groups (broad SMARTS) is 1. The van der Waals surface area contributed by atoms with Crippen LogP contribution in [0.15, 0.2) is 53.3 Å². The lowest BCUT2D eigenvalue weighted by molar-refractivity contribution is 0.0697. The highest BCUT2D eigenvalue weighted by molar-refractivity contribution is 5.93. The standard InChI is InChI=1S/C17H13NO3/c1-10-2-4-11(5-3-10)15-9-16(19)13-8-12(17(20)21)6-7-14(13)18-15/h2-9H,1H3,(H,18,19)(H,20,21). The van der Waals surface area contributed by atoms with E-state index in [0.29, 0.717) is 10.9 Å². The Morgan fingerprint density at radius 2 is 1.76 bits per heavy atom. The zero-order chi connectivity index (χ0) is 15.0. The molecule has 0 saturated heterocycles. The summed E-state index contributed by atoms with van der Waals surface area (Å²) in [6.07, 6.45) is 0. The SMILES string of the molecule is Cc1ccc(-c2cc(=O)c3cc(C(=O)O)ccc3[nH]2)cc1. The van der Waals surface area contributed by atoms with E-state index in [1.54, 1.807) is 6.07 Å². The number of aromatic nitrogens is 1. The average Bonchev–Trinajstić information content (AvgIpc) is 2.47. The van der Waals surface area contributed by atoms with E-state index in [-0.39, 0.29) is 11.0 Å². The van der Waals surface area contributed by atoms with E-state index >= 15 is 0 Å². The largest absolute Gasteiger partial charge is 0.478 e. The van der Waals surface area contributed by atoms with Gasteiger partial charge in [-0.05, 0) is 30.7 Å². The van der Waals surface area contributed by atoms with Crippen LogP contribution in [0.5, 0.6) is 0 Å². The van der Waals surface area contributed by atoms with Crippen LogP contribution in [-0.4, -0.2) is 16.1 Å². The second kappa shape index (κ2) is 4.90. The molecular weight excluding hydrogens is 266 g/mol. The van der Waals surface area contributed by atoms with Crippen LogP contribution >= 0.6 is 0 Å². The van der Waals surface area contributed by atoms with Gasteiger partial charge in [-0.1, -0.05) is 29.8 Å². The third-order valence-electron chi connectivity index (χ3n) is 3.44. The highest BCUT2D eigenvalue weighted by Crippen LogP contribution is 2.19. The number of aromatic amines is 1. The summed E-state index contributed by atoms with van der Waals surface area (Å²) in [5.41, 5.74) is 3.33. The lowest BCUT2D eigenvalue weighted by atomic mass is 10.1. The first-order chi connectivity index (χ1) is 10.0. The van der Waals surface area contributed by atoms with Gasteiger partial charge in [-0.25, -0.2) is 4.79 Å². The molecule has 2 N–H and O–H groups in total. The van der Waals surface area contributed by atoms with Crippen LogP contribution in [0.1, 0.15) is 15.9 Å². The van der Waals surface area contributed by atoms with Gasteiger partial charge in [0, 0.05) is 22.7 Å². The van der Waals surface area contributed by atoms with Gasteiger partial charge in [-0.3, -0.25) is 4.79 Å². The summed E-state index contributed by atoms with van der Waals surface area (Å²) in [6.45, 7) is 2.00. The number of hydrogen-bond donors (Lipinski definition) is 2. The Hall–Kier alpha value is -2.88. The molecule has 0 bridgehead atoms. The van der Waals surface area contributed by atoms with Crippen molar-refractivity contribution in [2.75, 3.05) is 0 Å². The van der Waals surface area contributed by atoms with Crippen LogP contribution in [0.2, 0.25) is 0 Å². The smallest absolute Gasteiger partial charge is 0.335 e. The molecule has 21 heavy (non-hydrogen) atoms. The van der Waals surface area contributed by atoms with Crippen molar-refractivity contribution in [3.05, 3.63) is 69.9 Å². The first-order valence-corrected chi connectivity index (χ1v) is 6.52. The van der Waals surface area contributed by atoms with Crippen LogP contribution in [0.25, 0.3) is 22.2 Å². The maximum Gasteiger partial charge on any atom is 0.335 e. The number of carboxylic acids is 1. The van der Waals surface area contributed by atoms with Gasteiger partial charge in [0.25, 0.3) is 0 Å². The third-order valence-corrected chi connectivity index (χ3v) is 3.44. The zero-order valence-corrected chi connectivity index (χ0v) is 11.4. The first kappa shape index (κ1) is 13.1. The molecular formula is C17H13NO3. The number of hydrogen-bond acceptors (Lipinski definition) is 2. The highest BCUT2D eigenvalue weighted by atomic mass is 16.4. The van der Waals surface area contributed by atoms with Gasteiger partial charge in [0.05, 0.1) is 5.56 Å². The van der Waals surface area contributed by atoms with Gasteiger partial charge in [0.15, 0.2) is 5.43 Å². The van der Waals surface area contributed by atoms with Crippen molar-refractivity contribution in [2.45, 2.75) is 6.92 Å². The van der Waals surface area contributed by atoms with Gasteiger partial charge in [-0.2, -0.15) is 0 Å². The number of nitrogens with one attached hydrogen (secondary N) is 1. The third kappa shape index (κ3) is 2.43. The zero-order valence-electron chi connectivity index (χ0n) is 11.4. The van der Waals surface area contributed by atoms with Crippen molar-refractivity contribution in [1.82, 2.24) is 4.98 Å². The van der Waals surface area contributed by atoms with Crippen molar-refractivity contribution < 1.29 is 9.90 Å². The molecule has 0 aliphatic heterocycles. The second-order valence-electron chi connectivity index (χ2n) is 4.98. The van der Waals surface area contributed by atoms with Crippen LogP contribution in [0.3, 0.4) is 0 Å². The Kier molecular flexibility index (Phi) is 3.06. The number of pyridine rings is 1. The summed E-state index contributed by atoms with van der Waals surface area (Å²) in [4.78, 5) is 26.3. The predicted molar refractivity (Wildman–Crippen MR) is 81.7 cm³/mol. The Morgan fingerprint density at radius 1 is 1.05 bits per heavy atom. The number of benzene rings is 2. The summed E-state index contributed by atoms with van der Waals surface area (Å²) < 4.78 is 0. The van der Waals surface area contributed by atoms with Crippen molar-refractivity contribution in [3.8, 4) is 11.3 Å². The van der Waals surface area contributed by atoms with Gasteiger partial charge in [-0.15, -0.1) is 0 Å². The monoisotopic (exact) mass is 279 g/mol. The molecule has 104 valence electrons. The molecule has 0 radical (unpaired) electrons. The normalized spacial score (nSPS) is 10.7. The number of fused-ring (bicyclic) bond motifs is 1. The van der Waals surface area contributed by atoms with Crippen molar-refractivity contribution >= 4 is 16.9 Å². The van der Waals surface area contributed by atoms with E-state index in [0.717, 1.165) is 16.8 Å². The Morgan fingerprint density at radius 3 is 2.43 bits per heavy atom. The molecule has 2 aromatic carbocycles.